The number of thioether (sulfide) groups is 1. The van der Waals surface area contributed by atoms with Gasteiger partial charge in [-0.3, -0.25) is 9.69 Å². The minimum atomic E-state index is -0.200. The number of nitrogens with one attached hydrogen (secondary N) is 2. The van der Waals surface area contributed by atoms with E-state index in [1.807, 2.05) is 63.2 Å². The summed E-state index contributed by atoms with van der Waals surface area (Å²) in [6.45, 7) is 5.03. The zero-order valence-electron chi connectivity index (χ0n) is 19.9. The number of aromatic nitrogens is 1. The second-order valence-corrected chi connectivity index (χ2v) is 9.57. The van der Waals surface area contributed by atoms with Crippen molar-refractivity contribution >= 4 is 40.8 Å². The Labute approximate surface area is 204 Å². The van der Waals surface area contributed by atoms with Crippen molar-refractivity contribution in [1.82, 2.24) is 10.3 Å². The molecule has 0 fully saturated rings. The number of amides is 3. The lowest BCUT2D eigenvalue weighted by Gasteiger charge is -2.30. The van der Waals surface area contributed by atoms with E-state index in [4.69, 9.17) is 0 Å². The maximum Gasteiger partial charge on any atom is 0.326 e. The summed E-state index contributed by atoms with van der Waals surface area (Å²) >= 11 is 1.68. The number of benzene rings is 2. The molecule has 3 amide bonds. The van der Waals surface area contributed by atoms with Crippen molar-refractivity contribution in [2.45, 2.75) is 25.4 Å². The highest BCUT2D eigenvalue weighted by atomic mass is 32.2. The Hall–Kier alpha value is -3.52. The van der Waals surface area contributed by atoms with Gasteiger partial charge in [0, 0.05) is 55.6 Å². The zero-order chi connectivity index (χ0) is 24.2. The normalized spacial score (nSPS) is 12.6. The Morgan fingerprint density at radius 1 is 1.06 bits per heavy atom. The molecule has 2 heterocycles. The fraction of sp³-hybridized carbons (Fsp3) is 0.269. The minimum absolute atomic E-state index is 0.159. The molecule has 8 heteroatoms. The summed E-state index contributed by atoms with van der Waals surface area (Å²) in [5.41, 5.74) is 6.17. The molecule has 0 radical (unpaired) electrons. The molecule has 0 atom stereocenters. The first-order valence-corrected chi connectivity index (χ1v) is 12.1. The predicted molar refractivity (Wildman–Crippen MR) is 139 cm³/mol. The highest BCUT2D eigenvalue weighted by Gasteiger charge is 2.26. The van der Waals surface area contributed by atoms with Crippen LogP contribution in [0.15, 0.2) is 59.6 Å². The number of fused-ring (bicyclic) bond motifs is 1. The Balaban J connectivity index is 1.37. The van der Waals surface area contributed by atoms with Crippen molar-refractivity contribution in [3.63, 3.8) is 0 Å². The topological polar surface area (TPSA) is 77.6 Å². The SMILES string of the molecule is Cc1cc(C)c2c(n1)SCCN2C(=O)Nc1ccc(C(=O)NCc2ccc(N(C)C)cc2)cc1. The molecule has 1 aliphatic rings. The van der Waals surface area contributed by atoms with Crippen molar-refractivity contribution < 1.29 is 9.59 Å². The number of hydrogen-bond donors (Lipinski definition) is 2. The molecule has 7 nitrogen and oxygen atoms in total. The minimum Gasteiger partial charge on any atom is -0.378 e. The lowest BCUT2D eigenvalue weighted by molar-refractivity contribution is 0.0951. The molecule has 1 aromatic heterocycles. The first kappa shape index (κ1) is 23.6. The summed E-state index contributed by atoms with van der Waals surface area (Å²) in [4.78, 5) is 33.9. The van der Waals surface area contributed by atoms with Gasteiger partial charge in [0.25, 0.3) is 5.91 Å². The van der Waals surface area contributed by atoms with Crippen molar-refractivity contribution in [2.75, 3.05) is 41.5 Å². The summed E-state index contributed by atoms with van der Waals surface area (Å²) in [5.74, 6) is 0.640. The van der Waals surface area contributed by atoms with Gasteiger partial charge in [-0.05, 0) is 67.4 Å². The van der Waals surface area contributed by atoms with Crippen LogP contribution in [0.1, 0.15) is 27.2 Å². The van der Waals surface area contributed by atoms with Crippen LogP contribution in [0.4, 0.5) is 21.9 Å². The number of aryl methyl sites for hydroxylation is 2. The third kappa shape index (κ3) is 5.34. The van der Waals surface area contributed by atoms with Crippen LogP contribution in [0, 0.1) is 13.8 Å². The number of rotatable bonds is 5. The lowest BCUT2D eigenvalue weighted by atomic mass is 10.1. The second kappa shape index (κ2) is 10.2. The van der Waals surface area contributed by atoms with E-state index in [0.29, 0.717) is 24.3 Å². The van der Waals surface area contributed by atoms with Crippen LogP contribution in [0.2, 0.25) is 0 Å². The summed E-state index contributed by atoms with van der Waals surface area (Å²) in [5, 5.41) is 6.78. The third-order valence-corrected chi connectivity index (χ3v) is 6.60. The van der Waals surface area contributed by atoms with Crippen LogP contribution in [0.25, 0.3) is 0 Å². The van der Waals surface area contributed by atoms with E-state index in [1.54, 1.807) is 40.9 Å². The van der Waals surface area contributed by atoms with E-state index in [1.165, 1.54) is 0 Å². The van der Waals surface area contributed by atoms with Gasteiger partial charge in [-0.25, -0.2) is 9.78 Å². The Morgan fingerprint density at radius 2 is 1.76 bits per heavy atom. The van der Waals surface area contributed by atoms with Gasteiger partial charge in [0.2, 0.25) is 0 Å². The molecule has 1 aliphatic heterocycles. The number of pyridine rings is 1. The number of urea groups is 1. The van der Waals surface area contributed by atoms with Gasteiger partial charge in [-0.2, -0.15) is 0 Å². The fourth-order valence-electron chi connectivity index (χ4n) is 3.87. The van der Waals surface area contributed by atoms with Crippen molar-refractivity contribution in [3.8, 4) is 0 Å². The van der Waals surface area contributed by atoms with Crippen molar-refractivity contribution in [2.24, 2.45) is 0 Å². The van der Waals surface area contributed by atoms with Gasteiger partial charge in [0.15, 0.2) is 0 Å². The molecule has 2 N–H and O–H groups in total. The van der Waals surface area contributed by atoms with E-state index in [0.717, 1.165) is 39.0 Å². The third-order valence-electron chi connectivity index (χ3n) is 5.65. The van der Waals surface area contributed by atoms with Crippen LogP contribution in [-0.4, -0.2) is 43.3 Å². The monoisotopic (exact) mass is 475 g/mol. The molecule has 3 aromatic rings. The summed E-state index contributed by atoms with van der Waals surface area (Å²) in [7, 11) is 3.99. The van der Waals surface area contributed by atoms with Crippen LogP contribution in [0.3, 0.4) is 0 Å². The first-order valence-electron chi connectivity index (χ1n) is 11.2. The molecule has 0 aliphatic carbocycles. The predicted octanol–water partition coefficient (Wildman–Crippen LogP) is 4.84. The Bertz CT molecular complexity index is 1190. The maximum atomic E-state index is 13.0. The van der Waals surface area contributed by atoms with Gasteiger partial charge >= 0.3 is 6.03 Å². The van der Waals surface area contributed by atoms with Gasteiger partial charge < -0.3 is 15.5 Å². The molecule has 0 bridgehead atoms. The van der Waals surface area contributed by atoms with E-state index < -0.39 is 0 Å². The zero-order valence-corrected chi connectivity index (χ0v) is 20.7. The summed E-state index contributed by atoms with van der Waals surface area (Å²) in [6.07, 6.45) is 0. The molecular weight excluding hydrogens is 446 g/mol. The van der Waals surface area contributed by atoms with E-state index in [2.05, 4.69) is 15.6 Å². The Kier molecular flexibility index (Phi) is 7.07. The van der Waals surface area contributed by atoms with Crippen molar-refractivity contribution in [3.05, 3.63) is 77.0 Å². The van der Waals surface area contributed by atoms with Gasteiger partial charge in [0.1, 0.15) is 5.03 Å². The highest BCUT2D eigenvalue weighted by molar-refractivity contribution is 7.99. The van der Waals surface area contributed by atoms with Gasteiger partial charge in [0.05, 0.1) is 5.69 Å². The Morgan fingerprint density at radius 3 is 2.44 bits per heavy atom. The van der Waals surface area contributed by atoms with E-state index in [-0.39, 0.29) is 11.9 Å². The quantitative estimate of drug-likeness (QED) is 0.552. The average Bonchev–Trinajstić information content (AvgIpc) is 2.82. The largest absolute Gasteiger partial charge is 0.378 e. The number of anilines is 3. The molecule has 0 saturated heterocycles. The molecule has 2 aromatic carbocycles. The van der Waals surface area contributed by atoms with E-state index in [9.17, 15) is 9.59 Å². The highest BCUT2D eigenvalue weighted by Crippen LogP contribution is 2.36. The van der Waals surface area contributed by atoms with Crippen LogP contribution in [0.5, 0.6) is 0 Å². The number of carbonyl (C=O) groups is 2. The van der Waals surface area contributed by atoms with Gasteiger partial charge in [-0.15, -0.1) is 11.8 Å². The molecule has 0 spiro atoms. The van der Waals surface area contributed by atoms with Crippen LogP contribution < -0.4 is 20.4 Å². The smallest absolute Gasteiger partial charge is 0.326 e. The summed E-state index contributed by atoms with van der Waals surface area (Å²) < 4.78 is 0. The second-order valence-electron chi connectivity index (χ2n) is 8.49. The molecule has 176 valence electrons. The number of nitrogens with zero attached hydrogens (tertiary/aromatic N) is 3. The fourth-order valence-corrected chi connectivity index (χ4v) is 4.95. The van der Waals surface area contributed by atoms with Gasteiger partial charge in [-0.1, -0.05) is 12.1 Å². The molecular formula is C26H29N5O2S. The number of carbonyl (C=O) groups excluding carboxylic acids is 2. The average molecular weight is 476 g/mol. The summed E-state index contributed by atoms with van der Waals surface area (Å²) in [6, 6.07) is 16.8. The first-order chi connectivity index (χ1) is 16.3. The molecule has 0 saturated carbocycles. The molecule has 0 unspecified atom stereocenters. The van der Waals surface area contributed by atoms with Crippen LogP contribution in [-0.2, 0) is 6.54 Å². The molecule has 4 rings (SSSR count). The number of hydrogen-bond acceptors (Lipinski definition) is 5. The van der Waals surface area contributed by atoms with E-state index >= 15 is 0 Å². The standard InChI is InChI=1S/C26H29N5O2S/c1-17-15-18(2)28-25-23(17)31(13-14-34-25)26(33)29-21-9-7-20(8-10-21)24(32)27-16-19-5-11-22(12-6-19)30(3)4/h5-12,15H,13-14,16H2,1-4H3,(H,27,32)(H,29,33). The van der Waals surface area contributed by atoms with Crippen LogP contribution >= 0.6 is 11.8 Å². The maximum absolute atomic E-state index is 13.0. The molecule has 34 heavy (non-hydrogen) atoms. The van der Waals surface area contributed by atoms with Crippen molar-refractivity contribution in [1.29, 1.82) is 0 Å². The lowest BCUT2D eigenvalue weighted by Crippen LogP contribution is -2.39.